The number of hydrogen-bond acceptors (Lipinski definition) is 4. The van der Waals surface area contributed by atoms with E-state index in [0.717, 1.165) is 25.2 Å². The predicted molar refractivity (Wildman–Crippen MR) is 83.7 cm³/mol. The second-order valence-corrected chi connectivity index (χ2v) is 5.73. The number of carbonyl (C=O) groups is 1. The van der Waals surface area contributed by atoms with E-state index in [1.807, 2.05) is 31.2 Å². The van der Waals surface area contributed by atoms with Gasteiger partial charge in [0, 0.05) is 18.0 Å². The van der Waals surface area contributed by atoms with Crippen molar-refractivity contribution in [2.75, 3.05) is 19.6 Å². The van der Waals surface area contributed by atoms with Gasteiger partial charge in [-0.1, -0.05) is 43.2 Å². The number of likely N-dealkylation sites (tertiary alicyclic amines) is 1. The third-order valence-corrected chi connectivity index (χ3v) is 3.76. The van der Waals surface area contributed by atoms with Crippen molar-refractivity contribution in [2.45, 2.75) is 33.1 Å². The van der Waals surface area contributed by atoms with E-state index in [2.05, 4.69) is 11.8 Å². The summed E-state index contributed by atoms with van der Waals surface area (Å²) in [4.78, 5) is 23.1. The summed E-state index contributed by atoms with van der Waals surface area (Å²) in [6.45, 7) is 7.33. The lowest BCUT2D eigenvalue weighted by Gasteiger charge is -2.28. The number of carbonyl (C=O) groups excluding carboxylic acids is 1. The van der Waals surface area contributed by atoms with Crippen LogP contribution in [0.1, 0.15) is 42.1 Å². The maximum Gasteiger partial charge on any atom is 0.291 e. The Kier molecular flexibility index (Phi) is 7.52. The summed E-state index contributed by atoms with van der Waals surface area (Å²) in [6, 6.07) is 7.93. The molecule has 0 amide bonds. The first-order valence-electron chi connectivity index (χ1n) is 7.56. The molecule has 1 aromatic carbocycles. The van der Waals surface area contributed by atoms with Crippen LogP contribution in [0.5, 0.6) is 0 Å². The van der Waals surface area contributed by atoms with Crippen LogP contribution in [0, 0.1) is 23.0 Å². The van der Waals surface area contributed by atoms with Crippen LogP contribution in [0.2, 0.25) is 0 Å². The standard InChI is InChI=1S/C16H23NO.HNO3/c1-13-6-8-15(9-7-13)16(18)14(2)12-17-10-4-3-5-11-17;2-1(3)4/h6-9,14H,3-5,10-12H2,1-2H3;(H,2,3,4)/t14-;/m0./s1. The molecule has 0 saturated carbocycles. The smallest absolute Gasteiger partial charge is 0.291 e. The van der Waals surface area contributed by atoms with Crippen LogP contribution in [0.3, 0.4) is 0 Å². The molecule has 1 saturated heterocycles. The minimum Gasteiger partial charge on any atom is -0.328 e. The first-order valence-corrected chi connectivity index (χ1v) is 7.56. The largest absolute Gasteiger partial charge is 0.328 e. The molecule has 6 heteroatoms. The Balaban J connectivity index is 0.000000541. The summed E-state index contributed by atoms with van der Waals surface area (Å²) in [5.74, 6) is 0.381. The SMILES string of the molecule is Cc1ccc(C(=O)[C@@H](C)CN2CCCCC2)cc1.O=[N+]([O-])O. The summed E-state index contributed by atoms with van der Waals surface area (Å²) in [5, 5.41) is 13.6. The number of nitrogens with zero attached hydrogens (tertiary/aromatic N) is 2. The van der Waals surface area contributed by atoms with E-state index in [1.54, 1.807) is 0 Å². The van der Waals surface area contributed by atoms with Gasteiger partial charge in [0.15, 0.2) is 5.78 Å². The predicted octanol–water partition coefficient (Wildman–Crippen LogP) is 2.95. The van der Waals surface area contributed by atoms with Crippen molar-refractivity contribution < 1.29 is 15.1 Å². The van der Waals surface area contributed by atoms with E-state index in [1.165, 1.54) is 24.8 Å². The number of ketones is 1. The lowest BCUT2D eigenvalue weighted by molar-refractivity contribution is -0.742. The van der Waals surface area contributed by atoms with Gasteiger partial charge in [-0.3, -0.25) is 4.79 Å². The fraction of sp³-hybridized carbons (Fsp3) is 0.562. The van der Waals surface area contributed by atoms with Crippen molar-refractivity contribution in [2.24, 2.45) is 5.92 Å². The number of rotatable bonds is 4. The lowest BCUT2D eigenvalue weighted by atomic mass is 9.97. The summed E-state index contributed by atoms with van der Waals surface area (Å²) >= 11 is 0. The third-order valence-electron chi connectivity index (χ3n) is 3.76. The Bertz CT molecular complexity index is 477. The zero-order chi connectivity index (χ0) is 16.5. The van der Waals surface area contributed by atoms with Crippen molar-refractivity contribution in [3.63, 3.8) is 0 Å². The fourth-order valence-electron chi connectivity index (χ4n) is 2.61. The minimum absolute atomic E-state index is 0.103. The summed E-state index contributed by atoms with van der Waals surface area (Å²) < 4.78 is 0. The van der Waals surface area contributed by atoms with Crippen molar-refractivity contribution in [3.8, 4) is 0 Å². The van der Waals surface area contributed by atoms with Gasteiger partial charge in [-0.2, -0.15) is 0 Å². The highest BCUT2D eigenvalue weighted by Gasteiger charge is 2.19. The molecule has 22 heavy (non-hydrogen) atoms. The van der Waals surface area contributed by atoms with Crippen molar-refractivity contribution in [1.82, 2.24) is 4.90 Å². The molecule has 1 heterocycles. The third kappa shape index (κ3) is 6.67. The molecule has 0 spiro atoms. The maximum atomic E-state index is 12.3. The van der Waals surface area contributed by atoms with E-state index in [0.29, 0.717) is 0 Å². The highest BCUT2D eigenvalue weighted by Crippen LogP contribution is 2.15. The average Bonchev–Trinajstić information content (AvgIpc) is 2.48. The summed E-state index contributed by atoms with van der Waals surface area (Å²) in [6.07, 6.45) is 3.91. The highest BCUT2D eigenvalue weighted by molar-refractivity contribution is 5.97. The molecular weight excluding hydrogens is 284 g/mol. The topological polar surface area (TPSA) is 83.7 Å². The Hall–Kier alpha value is -1.95. The average molecular weight is 308 g/mol. The van der Waals surface area contributed by atoms with E-state index in [9.17, 15) is 4.79 Å². The number of piperidine rings is 1. The first kappa shape index (κ1) is 18.1. The molecule has 122 valence electrons. The first-order chi connectivity index (χ1) is 10.4. The van der Waals surface area contributed by atoms with Gasteiger partial charge in [-0.25, -0.2) is 0 Å². The van der Waals surface area contributed by atoms with Gasteiger partial charge >= 0.3 is 0 Å². The number of Topliss-reactive ketones (excluding diaryl/α,β-unsaturated/α-hetero) is 1. The lowest BCUT2D eigenvalue weighted by Crippen LogP contribution is -2.35. The van der Waals surface area contributed by atoms with Crippen molar-refractivity contribution in [3.05, 3.63) is 45.5 Å². The van der Waals surface area contributed by atoms with Gasteiger partial charge in [-0.05, 0) is 32.9 Å². The van der Waals surface area contributed by atoms with E-state index >= 15 is 0 Å². The van der Waals surface area contributed by atoms with Gasteiger partial charge in [0.05, 0.1) is 0 Å². The monoisotopic (exact) mass is 308 g/mol. The van der Waals surface area contributed by atoms with Crippen LogP contribution in [0.15, 0.2) is 24.3 Å². The van der Waals surface area contributed by atoms with Gasteiger partial charge in [0.25, 0.3) is 5.09 Å². The molecular formula is C16H24N2O4. The molecule has 0 aromatic heterocycles. The molecule has 1 atom stereocenters. The van der Waals surface area contributed by atoms with Crippen LogP contribution in [0.25, 0.3) is 0 Å². The Morgan fingerprint density at radius 2 is 1.77 bits per heavy atom. The van der Waals surface area contributed by atoms with Crippen molar-refractivity contribution >= 4 is 5.78 Å². The van der Waals surface area contributed by atoms with Crippen LogP contribution in [0.4, 0.5) is 0 Å². The normalized spacial score (nSPS) is 16.3. The van der Waals surface area contributed by atoms with E-state index < -0.39 is 5.09 Å². The molecule has 2 rings (SSSR count). The summed E-state index contributed by atoms with van der Waals surface area (Å²) in [7, 11) is 0. The van der Waals surface area contributed by atoms with Crippen LogP contribution < -0.4 is 0 Å². The second kappa shape index (κ2) is 9.15. The van der Waals surface area contributed by atoms with Crippen LogP contribution in [-0.2, 0) is 0 Å². The van der Waals surface area contributed by atoms with Gasteiger partial charge in [0.2, 0.25) is 0 Å². The van der Waals surface area contributed by atoms with Gasteiger partial charge in [0.1, 0.15) is 0 Å². The Morgan fingerprint density at radius 1 is 1.27 bits per heavy atom. The number of aryl methyl sites for hydroxylation is 1. The zero-order valence-corrected chi connectivity index (χ0v) is 13.2. The van der Waals surface area contributed by atoms with Crippen molar-refractivity contribution in [1.29, 1.82) is 0 Å². The molecule has 1 N–H and O–H groups in total. The molecule has 1 fully saturated rings. The molecule has 1 aliphatic rings. The molecule has 0 radical (unpaired) electrons. The number of hydrogen-bond donors (Lipinski definition) is 1. The minimum atomic E-state index is -1.50. The number of benzene rings is 1. The quantitative estimate of drug-likeness (QED) is 0.525. The van der Waals surface area contributed by atoms with E-state index in [-0.39, 0.29) is 11.7 Å². The zero-order valence-electron chi connectivity index (χ0n) is 13.2. The summed E-state index contributed by atoms with van der Waals surface area (Å²) in [5.41, 5.74) is 2.06. The molecule has 0 aliphatic carbocycles. The highest BCUT2D eigenvalue weighted by atomic mass is 16.9. The van der Waals surface area contributed by atoms with Gasteiger partial charge < -0.3 is 10.1 Å². The molecule has 1 aromatic rings. The Morgan fingerprint density at radius 3 is 2.27 bits per heavy atom. The van der Waals surface area contributed by atoms with Crippen LogP contribution >= 0.6 is 0 Å². The molecule has 6 nitrogen and oxygen atoms in total. The van der Waals surface area contributed by atoms with E-state index in [4.69, 9.17) is 15.3 Å². The Labute approximate surface area is 130 Å². The molecule has 0 bridgehead atoms. The van der Waals surface area contributed by atoms with Crippen LogP contribution in [-0.4, -0.2) is 40.6 Å². The second-order valence-electron chi connectivity index (χ2n) is 5.73. The molecule has 0 unspecified atom stereocenters. The maximum absolute atomic E-state index is 12.3. The fourth-order valence-corrected chi connectivity index (χ4v) is 2.61. The van der Waals surface area contributed by atoms with Gasteiger partial charge in [-0.15, -0.1) is 10.1 Å². The molecule has 1 aliphatic heterocycles.